The number of hydrogen-bond donors (Lipinski definition) is 0. The van der Waals surface area contributed by atoms with Crippen LogP contribution < -0.4 is 10.4 Å². The lowest BCUT2D eigenvalue weighted by atomic mass is 10.1. The summed E-state index contributed by atoms with van der Waals surface area (Å²) >= 11 is 0. The predicted molar refractivity (Wildman–Crippen MR) is 143 cm³/mol. The van der Waals surface area contributed by atoms with Gasteiger partial charge in [-0.05, 0) is 27.9 Å². The van der Waals surface area contributed by atoms with Gasteiger partial charge in [0.15, 0.2) is 0 Å². The highest BCUT2D eigenvalue weighted by molar-refractivity contribution is 6.99. The molecule has 0 bridgehead atoms. The number of benzene rings is 3. The molecule has 0 spiro atoms. The summed E-state index contributed by atoms with van der Waals surface area (Å²) in [4.78, 5) is 0. The van der Waals surface area contributed by atoms with E-state index in [0.717, 1.165) is 0 Å². The third-order valence-electron chi connectivity index (χ3n) is 6.40. The maximum absolute atomic E-state index is 7.11. The summed E-state index contributed by atoms with van der Waals surface area (Å²) in [7, 11) is -2.56. The Morgan fingerprint density at radius 2 is 1.24 bits per heavy atom. The van der Waals surface area contributed by atoms with Crippen LogP contribution in [0.15, 0.2) is 104 Å². The second kappa shape index (κ2) is 11.1. The maximum Gasteiger partial charge on any atom is 0.261 e. The van der Waals surface area contributed by atoms with Crippen LogP contribution in [0.25, 0.3) is 0 Å². The molecule has 3 rings (SSSR count). The van der Waals surface area contributed by atoms with Crippen molar-refractivity contribution in [3.63, 3.8) is 0 Å². The quantitative estimate of drug-likeness (QED) is 0.254. The monoisotopic (exact) mass is 458 g/mol. The van der Waals surface area contributed by atoms with Crippen LogP contribution in [-0.4, -0.2) is 21.0 Å². The first kappa shape index (κ1) is 25.2. The van der Waals surface area contributed by atoms with Crippen molar-refractivity contribution in [2.45, 2.75) is 51.9 Å². The third kappa shape index (κ3) is 5.73. The largest absolute Gasteiger partial charge is 0.407 e. The van der Waals surface area contributed by atoms with Crippen molar-refractivity contribution in [3.05, 3.63) is 109 Å². The summed E-state index contributed by atoms with van der Waals surface area (Å²) in [6.45, 7) is 15.9. The summed E-state index contributed by atoms with van der Waals surface area (Å²) in [6, 6.07) is 31.9. The molecular weight excluding hydrogens is 420 g/mol. The molecule has 3 atom stereocenters. The molecule has 0 N–H and O–H groups in total. The van der Waals surface area contributed by atoms with E-state index in [2.05, 4.69) is 114 Å². The van der Waals surface area contributed by atoms with Crippen LogP contribution in [0, 0.1) is 5.92 Å². The topological polar surface area (TPSA) is 18.5 Å². The summed E-state index contributed by atoms with van der Waals surface area (Å²) < 4.78 is 13.5. The van der Waals surface area contributed by atoms with Gasteiger partial charge in [-0.3, -0.25) is 0 Å². The van der Waals surface area contributed by atoms with E-state index in [1.54, 1.807) is 0 Å². The molecule has 2 nitrogen and oxygen atoms in total. The highest BCUT2D eigenvalue weighted by Gasteiger charge is 2.50. The van der Waals surface area contributed by atoms with Gasteiger partial charge in [0, 0.05) is 12.5 Å². The van der Waals surface area contributed by atoms with E-state index in [9.17, 15) is 0 Å². The minimum Gasteiger partial charge on any atom is -0.407 e. The molecule has 0 fully saturated rings. The zero-order chi connectivity index (χ0) is 23.9. The van der Waals surface area contributed by atoms with Gasteiger partial charge in [0.2, 0.25) is 0 Å². The molecule has 0 aromatic heterocycles. The Bertz CT molecular complexity index is 941. The minimum atomic E-state index is -2.56. The van der Waals surface area contributed by atoms with E-state index < -0.39 is 8.32 Å². The Kier molecular flexibility index (Phi) is 8.47. The standard InChI is InChI=1S/C30H38O2Si/c1-7-29(32-25(3)26-17-11-8-12-18-26)24(2)23-31-33(30(4,5)6,27-19-13-9-14-20-27)28-21-15-10-16-22-28/h7-22,24-25,29H,1,23H2,2-6H3/t24-,25?,29+/m0/s1. The van der Waals surface area contributed by atoms with Gasteiger partial charge in [-0.1, -0.05) is 125 Å². The minimum absolute atomic E-state index is 0.00971. The van der Waals surface area contributed by atoms with Crippen LogP contribution in [0.5, 0.6) is 0 Å². The number of ether oxygens (including phenoxy) is 1. The van der Waals surface area contributed by atoms with Crippen LogP contribution in [0.2, 0.25) is 5.04 Å². The molecule has 0 heterocycles. The Hall–Kier alpha value is -2.46. The van der Waals surface area contributed by atoms with Crippen molar-refractivity contribution < 1.29 is 9.16 Å². The third-order valence-corrected chi connectivity index (χ3v) is 11.4. The number of hydrogen-bond acceptors (Lipinski definition) is 2. The van der Waals surface area contributed by atoms with Gasteiger partial charge in [0.05, 0.1) is 12.2 Å². The van der Waals surface area contributed by atoms with Gasteiger partial charge < -0.3 is 9.16 Å². The maximum atomic E-state index is 7.11. The normalized spacial score (nSPS) is 14.9. The second-order valence-electron chi connectivity index (χ2n) is 9.84. The Labute approximate surface area is 201 Å². The zero-order valence-electron chi connectivity index (χ0n) is 20.7. The molecule has 0 aliphatic carbocycles. The van der Waals surface area contributed by atoms with E-state index in [-0.39, 0.29) is 23.2 Å². The molecule has 174 valence electrons. The van der Waals surface area contributed by atoms with E-state index in [0.29, 0.717) is 6.61 Å². The van der Waals surface area contributed by atoms with E-state index in [1.807, 2.05) is 24.3 Å². The SMILES string of the molecule is C=C[C@@H](OC(C)c1ccccc1)[C@@H](C)CO[Si](c1ccccc1)(c1ccccc1)C(C)(C)C. The van der Waals surface area contributed by atoms with Crippen LogP contribution in [0.3, 0.4) is 0 Å². The average Bonchev–Trinajstić information content (AvgIpc) is 2.83. The first-order valence-corrected chi connectivity index (χ1v) is 13.8. The molecule has 0 saturated heterocycles. The summed E-state index contributed by atoms with van der Waals surface area (Å²) in [5.41, 5.74) is 1.17. The molecule has 1 unspecified atom stereocenters. The van der Waals surface area contributed by atoms with Gasteiger partial charge in [-0.15, -0.1) is 6.58 Å². The smallest absolute Gasteiger partial charge is 0.261 e. The molecule has 3 aromatic rings. The summed E-state index contributed by atoms with van der Waals surface area (Å²) in [5.74, 6) is 0.162. The van der Waals surface area contributed by atoms with Crippen LogP contribution in [-0.2, 0) is 9.16 Å². The fraction of sp³-hybridized carbons (Fsp3) is 0.333. The lowest BCUT2D eigenvalue weighted by Crippen LogP contribution is -2.67. The summed E-state index contributed by atoms with van der Waals surface area (Å²) in [5, 5.41) is 2.55. The van der Waals surface area contributed by atoms with Crippen LogP contribution in [0.1, 0.15) is 46.3 Å². The van der Waals surface area contributed by atoms with Crippen molar-refractivity contribution in [1.29, 1.82) is 0 Å². The predicted octanol–water partition coefficient (Wildman–Crippen LogP) is 6.53. The fourth-order valence-corrected chi connectivity index (χ4v) is 9.24. The molecule has 3 aromatic carbocycles. The van der Waals surface area contributed by atoms with Crippen molar-refractivity contribution in [2.75, 3.05) is 6.61 Å². The first-order chi connectivity index (χ1) is 15.8. The highest BCUT2D eigenvalue weighted by atomic mass is 28.4. The van der Waals surface area contributed by atoms with Crippen molar-refractivity contribution >= 4 is 18.7 Å². The van der Waals surface area contributed by atoms with E-state index in [4.69, 9.17) is 9.16 Å². The Morgan fingerprint density at radius 1 is 0.788 bits per heavy atom. The van der Waals surface area contributed by atoms with Crippen molar-refractivity contribution in [3.8, 4) is 0 Å². The van der Waals surface area contributed by atoms with Gasteiger partial charge in [-0.25, -0.2) is 0 Å². The molecule has 0 aliphatic rings. The lowest BCUT2D eigenvalue weighted by molar-refractivity contribution is -0.0151. The van der Waals surface area contributed by atoms with Crippen molar-refractivity contribution in [1.82, 2.24) is 0 Å². The molecule has 0 aliphatic heterocycles. The van der Waals surface area contributed by atoms with E-state index in [1.165, 1.54) is 15.9 Å². The van der Waals surface area contributed by atoms with Gasteiger partial charge >= 0.3 is 0 Å². The highest BCUT2D eigenvalue weighted by Crippen LogP contribution is 2.37. The Balaban J connectivity index is 1.88. The molecule has 0 saturated carbocycles. The molecule has 0 amide bonds. The molecule has 0 radical (unpaired) electrons. The van der Waals surface area contributed by atoms with Gasteiger partial charge in [-0.2, -0.15) is 0 Å². The van der Waals surface area contributed by atoms with Crippen LogP contribution >= 0.6 is 0 Å². The zero-order valence-corrected chi connectivity index (χ0v) is 21.7. The molecule has 3 heteroatoms. The van der Waals surface area contributed by atoms with Gasteiger partial charge in [0.1, 0.15) is 0 Å². The van der Waals surface area contributed by atoms with Gasteiger partial charge in [0.25, 0.3) is 8.32 Å². The number of rotatable bonds is 10. The summed E-state index contributed by atoms with van der Waals surface area (Å²) in [6.07, 6.45) is 1.81. The lowest BCUT2D eigenvalue weighted by Gasteiger charge is -2.44. The molecular formula is C30H38O2Si. The average molecular weight is 459 g/mol. The Morgan fingerprint density at radius 3 is 1.67 bits per heavy atom. The van der Waals surface area contributed by atoms with Crippen LogP contribution in [0.4, 0.5) is 0 Å². The fourth-order valence-electron chi connectivity index (χ4n) is 4.57. The van der Waals surface area contributed by atoms with E-state index >= 15 is 0 Å². The molecule has 33 heavy (non-hydrogen) atoms. The second-order valence-corrected chi connectivity index (χ2v) is 14.1. The van der Waals surface area contributed by atoms with Crippen molar-refractivity contribution in [2.24, 2.45) is 5.92 Å². The first-order valence-electron chi connectivity index (χ1n) is 11.9.